The van der Waals surface area contributed by atoms with E-state index in [2.05, 4.69) is 5.10 Å². The fourth-order valence-corrected chi connectivity index (χ4v) is 6.03. The Labute approximate surface area is 233 Å². The molecule has 1 aromatic heterocycles. The van der Waals surface area contributed by atoms with E-state index in [4.69, 9.17) is 0 Å². The van der Waals surface area contributed by atoms with Gasteiger partial charge in [0.05, 0.1) is 24.3 Å². The minimum atomic E-state index is -4.62. The Morgan fingerprint density at radius 2 is 1.76 bits per heavy atom. The van der Waals surface area contributed by atoms with Crippen molar-refractivity contribution >= 4 is 17.5 Å². The number of hydrogen-bond acceptors (Lipinski definition) is 3. The SMILES string of the molecule is Cc1cccc(F)c1N1CCC(N2Cc3cn(CC4CC4(F)F)nc3N(Cc3ccccc3C(F)(F)F)C2=O)CC1. The summed E-state index contributed by atoms with van der Waals surface area (Å²) in [6.45, 7) is 2.58. The summed E-state index contributed by atoms with van der Waals surface area (Å²) in [7, 11) is 0. The molecule has 3 aliphatic rings. The van der Waals surface area contributed by atoms with Crippen LogP contribution in [0.1, 0.15) is 41.5 Å². The number of halogens is 6. The average molecular weight is 578 g/mol. The molecule has 1 aliphatic carbocycles. The molecule has 1 saturated heterocycles. The van der Waals surface area contributed by atoms with Crippen molar-refractivity contribution in [2.24, 2.45) is 5.92 Å². The van der Waals surface area contributed by atoms with Crippen molar-refractivity contribution in [3.8, 4) is 0 Å². The number of carbonyl (C=O) groups is 1. The van der Waals surface area contributed by atoms with Crippen LogP contribution in [0.2, 0.25) is 0 Å². The van der Waals surface area contributed by atoms with Crippen LogP contribution in [-0.4, -0.2) is 45.8 Å². The summed E-state index contributed by atoms with van der Waals surface area (Å²) in [6.07, 6.45) is -2.18. The van der Waals surface area contributed by atoms with Gasteiger partial charge in [0.2, 0.25) is 0 Å². The Balaban J connectivity index is 1.28. The number of aromatic nitrogens is 2. The highest BCUT2D eigenvalue weighted by molar-refractivity contribution is 5.94. The second-order valence-electron chi connectivity index (χ2n) is 11.1. The van der Waals surface area contributed by atoms with E-state index >= 15 is 0 Å². The summed E-state index contributed by atoms with van der Waals surface area (Å²) < 4.78 is 84.5. The molecule has 6 nitrogen and oxygen atoms in total. The summed E-state index contributed by atoms with van der Waals surface area (Å²) >= 11 is 0. The normalized spacial score (nSPS) is 20.9. The molecule has 0 N–H and O–H groups in total. The van der Waals surface area contributed by atoms with Crippen LogP contribution in [0, 0.1) is 18.7 Å². The molecule has 3 heterocycles. The number of hydrogen-bond donors (Lipinski definition) is 0. The zero-order chi connectivity index (χ0) is 29.1. The third-order valence-corrected chi connectivity index (χ3v) is 8.31. The van der Waals surface area contributed by atoms with Gasteiger partial charge in [0, 0.05) is 49.8 Å². The van der Waals surface area contributed by atoms with Crippen molar-refractivity contribution in [2.45, 2.75) is 64.0 Å². The van der Waals surface area contributed by atoms with E-state index in [0.717, 1.165) is 11.6 Å². The predicted octanol–water partition coefficient (Wildman–Crippen LogP) is 6.62. The predicted molar refractivity (Wildman–Crippen MR) is 140 cm³/mol. The van der Waals surface area contributed by atoms with E-state index < -0.39 is 29.6 Å². The monoisotopic (exact) mass is 577 g/mol. The number of urea groups is 1. The average Bonchev–Trinajstić information content (AvgIpc) is 3.31. The molecule has 1 unspecified atom stereocenters. The van der Waals surface area contributed by atoms with Gasteiger partial charge in [0.15, 0.2) is 5.82 Å². The maximum Gasteiger partial charge on any atom is 0.416 e. The van der Waals surface area contributed by atoms with E-state index in [1.165, 1.54) is 33.8 Å². The molecule has 0 spiro atoms. The van der Waals surface area contributed by atoms with Gasteiger partial charge < -0.3 is 9.80 Å². The largest absolute Gasteiger partial charge is 0.416 e. The topological polar surface area (TPSA) is 44.6 Å². The third-order valence-electron chi connectivity index (χ3n) is 8.31. The van der Waals surface area contributed by atoms with Crippen LogP contribution >= 0.6 is 0 Å². The standard InChI is InChI=1S/C29H29F6N5O/c1-18-5-4-8-24(30)25(18)37-11-9-22(10-12-37)39-16-20-14-38(17-21-13-28(21,31)32)36-26(20)40(27(39)41)15-19-6-2-3-7-23(19)29(33,34)35/h2-8,14,21-22H,9-13,15-17H2,1H3. The Kier molecular flexibility index (Phi) is 6.69. The number of amides is 2. The zero-order valence-electron chi connectivity index (χ0n) is 22.3. The first kappa shape index (κ1) is 27.5. The lowest BCUT2D eigenvalue weighted by Crippen LogP contribution is -2.54. The molecule has 41 heavy (non-hydrogen) atoms. The lowest BCUT2D eigenvalue weighted by molar-refractivity contribution is -0.138. The van der Waals surface area contributed by atoms with Gasteiger partial charge >= 0.3 is 12.2 Å². The summed E-state index contributed by atoms with van der Waals surface area (Å²) in [5.41, 5.74) is 0.990. The van der Waals surface area contributed by atoms with Crippen molar-refractivity contribution in [2.75, 3.05) is 22.9 Å². The first-order chi connectivity index (χ1) is 19.4. The van der Waals surface area contributed by atoms with Crippen LogP contribution in [0.25, 0.3) is 0 Å². The minimum Gasteiger partial charge on any atom is -0.369 e. The molecule has 0 bridgehead atoms. The summed E-state index contributed by atoms with van der Waals surface area (Å²) in [6, 6.07) is 9.24. The molecule has 2 amide bonds. The molecular weight excluding hydrogens is 548 g/mol. The zero-order valence-corrected chi connectivity index (χ0v) is 22.3. The van der Waals surface area contributed by atoms with Gasteiger partial charge in [-0.2, -0.15) is 18.3 Å². The number of para-hydroxylation sites is 1. The molecule has 2 fully saturated rings. The number of rotatable bonds is 6. The molecule has 2 aromatic carbocycles. The maximum atomic E-state index is 14.6. The van der Waals surface area contributed by atoms with Crippen LogP contribution in [0.15, 0.2) is 48.7 Å². The molecule has 6 rings (SSSR count). The summed E-state index contributed by atoms with van der Waals surface area (Å²) in [5, 5.41) is 4.40. The van der Waals surface area contributed by atoms with Gasteiger partial charge in [0.1, 0.15) is 5.82 Å². The van der Waals surface area contributed by atoms with Crippen molar-refractivity contribution in [1.82, 2.24) is 14.7 Å². The third kappa shape index (κ3) is 5.24. The Bertz CT molecular complexity index is 1440. The van der Waals surface area contributed by atoms with E-state index in [1.54, 1.807) is 17.2 Å². The van der Waals surface area contributed by atoms with Crippen LogP contribution in [0.4, 0.5) is 42.6 Å². The number of benzene rings is 2. The molecule has 12 heteroatoms. The number of anilines is 2. The Hall–Kier alpha value is -3.70. The van der Waals surface area contributed by atoms with E-state index in [9.17, 15) is 31.1 Å². The molecule has 0 radical (unpaired) electrons. The smallest absolute Gasteiger partial charge is 0.369 e. The molecule has 1 atom stereocenters. The van der Waals surface area contributed by atoms with Gasteiger partial charge in [-0.25, -0.2) is 18.0 Å². The summed E-state index contributed by atoms with van der Waals surface area (Å²) in [5.74, 6) is -3.75. The van der Waals surface area contributed by atoms with Crippen molar-refractivity contribution < 1.29 is 31.1 Å². The number of carbonyl (C=O) groups excluding carboxylic acids is 1. The van der Waals surface area contributed by atoms with E-state index in [-0.39, 0.29) is 49.3 Å². The second-order valence-corrected chi connectivity index (χ2v) is 11.1. The first-order valence-corrected chi connectivity index (χ1v) is 13.6. The minimum absolute atomic E-state index is 0.0401. The van der Waals surface area contributed by atoms with Crippen LogP contribution < -0.4 is 9.80 Å². The van der Waals surface area contributed by atoms with E-state index in [0.29, 0.717) is 37.2 Å². The highest BCUT2D eigenvalue weighted by Gasteiger charge is 2.57. The first-order valence-electron chi connectivity index (χ1n) is 13.6. The molecule has 2 aliphatic heterocycles. The van der Waals surface area contributed by atoms with Gasteiger partial charge in [-0.1, -0.05) is 30.3 Å². The molecule has 3 aromatic rings. The van der Waals surface area contributed by atoms with Crippen molar-refractivity contribution in [1.29, 1.82) is 0 Å². The fraction of sp³-hybridized carbons (Fsp3) is 0.448. The number of nitrogens with zero attached hydrogens (tertiary/aromatic N) is 5. The van der Waals surface area contributed by atoms with Crippen molar-refractivity contribution in [3.05, 3.63) is 76.7 Å². The highest BCUT2D eigenvalue weighted by Crippen LogP contribution is 2.49. The highest BCUT2D eigenvalue weighted by atomic mass is 19.4. The van der Waals surface area contributed by atoms with Gasteiger partial charge in [-0.15, -0.1) is 0 Å². The molecule has 218 valence electrons. The fourth-order valence-electron chi connectivity index (χ4n) is 6.03. The second kappa shape index (κ2) is 9.99. The number of fused-ring (bicyclic) bond motifs is 1. The van der Waals surface area contributed by atoms with E-state index in [1.807, 2.05) is 17.9 Å². The van der Waals surface area contributed by atoms with Crippen molar-refractivity contribution in [3.63, 3.8) is 0 Å². The summed E-state index contributed by atoms with van der Waals surface area (Å²) in [4.78, 5) is 18.7. The van der Waals surface area contributed by atoms with Crippen LogP contribution in [-0.2, 0) is 25.8 Å². The molecule has 1 saturated carbocycles. The van der Waals surface area contributed by atoms with Crippen LogP contribution in [0.5, 0.6) is 0 Å². The number of aryl methyl sites for hydroxylation is 1. The van der Waals surface area contributed by atoms with Gasteiger partial charge in [-0.05, 0) is 43.0 Å². The number of alkyl halides is 5. The quantitative estimate of drug-likeness (QED) is 0.310. The lowest BCUT2D eigenvalue weighted by atomic mass is 10.00. The lowest BCUT2D eigenvalue weighted by Gasteiger charge is -2.43. The maximum absolute atomic E-state index is 14.6. The Morgan fingerprint density at radius 1 is 1.05 bits per heavy atom. The number of piperidine rings is 1. The molecular formula is C29H29F6N5O. The Morgan fingerprint density at radius 3 is 2.41 bits per heavy atom. The van der Waals surface area contributed by atoms with Gasteiger partial charge in [0.25, 0.3) is 5.92 Å². The van der Waals surface area contributed by atoms with Gasteiger partial charge in [-0.3, -0.25) is 9.58 Å². The van der Waals surface area contributed by atoms with Crippen LogP contribution in [0.3, 0.4) is 0 Å².